The summed E-state index contributed by atoms with van der Waals surface area (Å²) in [5, 5.41) is 4.33. The third-order valence-corrected chi connectivity index (χ3v) is 5.85. The van der Waals surface area contributed by atoms with Crippen molar-refractivity contribution in [2.45, 2.75) is 50.4 Å². The fraction of sp³-hybridized carbons (Fsp3) is 0.933. The van der Waals surface area contributed by atoms with Crippen LogP contribution in [0.2, 0.25) is 0 Å². The van der Waals surface area contributed by atoms with E-state index in [1.807, 2.05) is 7.05 Å². The van der Waals surface area contributed by atoms with Crippen molar-refractivity contribution >= 4 is 41.7 Å². The van der Waals surface area contributed by atoms with Crippen molar-refractivity contribution in [1.29, 1.82) is 0 Å². The van der Waals surface area contributed by atoms with Gasteiger partial charge in [0.15, 0.2) is 5.96 Å². The van der Waals surface area contributed by atoms with Crippen molar-refractivity contribution in [3.05, 3.63) is 0 Å². The minimum absolute atomic E-state index is 0. The summed E-state index contributed by atoms with van der Waals surface area (Å²) >= 11 is 2.10. The van der Waals surface area contributed by atoms with Gasteiger partial charge in [-0.1, -0.05) is 6.92 Å². The van der Waals surface area contributed by atoms with Gasteiger partial charge in [0, 0.05) is 49.8 Å². The average molecular weight is 426 g/mol. The second-order valence-electron chi connectivity index (χ2n) is 6.02. The van der Waals surface area contributed by atoms with E-state index < -0.39 is 0 Å². The van der Waals surface area contributed by atoms with Crippen LogP contribution in [-0.4, -0.2) is 72.6 Å². The molecule has 21 heavy (non-hydrogen) atoms. The lowest BCUT2D eigenvalue weighted by Gasteiger charge is -2.35. The molecule has 2 rings (SSSR count). The van der Waals surface area contributed by atoms with Gasteiger partial charge in [-0.15, -0.1) is 24.0 Å². The molecular weight excluding hydrogens is 395 g/mol. The lowest BCUT2D eigenvalue weighted by molar-refractivity contribution is 0.245. The van der Waals surface area contributed by atoms with Gasteiger partial charge in [0.05, 0.1) is 0 Å². The molecule has 0 aromatic rings. The summed E-state index contributed by atoms with van der Waals surface area (Å²) in [5.74, 6) is 2.30. The largest absolute Gasteiger partial charge is 0.355 e. The highest BCUT2D eigenvalue weighted by atomic mass is 127. The Kier molecular flexibility index (Phi) is 8.71. The quantitative estimate of drug-likeness (QED) is 0.416. The first-order valence-corrected chi connectivity index (χ1v) is 8.99. The molecular formula is C15H31IN4S. The zero-order valence-corrected chi connectivity index (χ0v) is 17.0. The maximum Gasteiger partial charge on any atom is 0.193 e. The summed E-state index contributed by atoms with van der Waals surface area (Å²) in [6, 6.07) is 1.39. The molecule has 1 N–H and O–H groups in total. The SMILES string of the molecule is CCC1CN(C(=NC)NCC(C)N(C)C2CC2)CCS1.I. The van der Waals surface area contributed by atoms with Gasteiger partial charge in [-0.2, -0.15) is 11.8 Å². The topological polar surface area (TPSA) is 30.9 Å². The van der Waals surface area contributed by atoms with Crippen molar-refractivity contribution in [2.75, 3.05) is 39.5 Å². The Hall–Kier alpha value is 0.310. The Bertz CT molecular complexity index is 336. The first kappa shape index (κ1) is 19.4. The minimum Gasteiger partial charge on any atom is -0.355 e. The molecule has 4 nitrogen and oxygen atoms in total. The molecule has 2 atom stereocenters. The number of guanidine groups is 1. The van der Waals surface area contributed by atoms with Crippen molar-refractivity contribution in [1.82, 2.24) is 15.1 Å². The van der Waals surface area contributed by atoms with E-state index in [0.29, 0.717) is 6.04 Å². The van der Waals surface area contributed by atoms with E-state index in [4.69, 9.17) is 0 Å². The van der Waals surface area contributed by atoms with Crippen molar-refractivity contribution in [3.63, 3.8) is 0 Å². The summed E-state index contributed by atoms with van der Waals surface area (Å²) in [6.07, 6.45) is 3.99. The molecule has 0 spiro atoms. The van der Waals surface area contributed by atoms with Crippen molar-refractivity contribution < 1.29 is 0 Å². The lowest BCUT2D eigenvalue weighted by Crippen LogP contribution is -2.50. The maximum absolute atomic E-state index is 4.48. The summed E-state index contributed by atoms with van der Waals surface area (Å²) in [7, 11) is 4.15. The molecule has 0 aromatic heterocycles. The van der Waals surface area contributed by atoms with Gasteiger partial charge in [0.1, 0.15) is 0 Å². The number of nitrogens with one attached hydrogen (secondary N) is 1. The Balaban J connectivity index is 0.00000220. The number of likely N-dealkylation sites (N-methyl/N-ethyl adjacent to an activating group) is 1. The Morgan fingerprint density at radius 2 is 2.19 bits per heavy atom. The number of halogens is 1. The molecule has 0 amide bonds. The minimum atomic E-state index is 0. The van der Waals surface area contributed by atoms with Crippen LogP contribution < -0.4 is 5.32 Å². The molecule has 1 saturated heterocycles. The molecule has 2 fully saturated rings. The van der Waals surface area contributed by atoms with E-state index in [-0.39, 0.29) is 24.0 Å². The number of nitrogens with zero attached hydrogens (tertiary/aromatic N) is 3. The van der Waals surface area contributed by atoms with Crippen molar-refractivity contribution in [2.24, 2.45) is 4.99 Å². The normalized spacial score (nSPS) is 24.7. The van der Waals surface area contributed by atoms with Crippen LogP contribution >= 0.6 is 35.7 Å². The van der Waals surface area contributed by atoms with E-state index >= 15 is 0 Å². The zero-order valence-electron chi connectivity index (χ0n) is 13.8. The highest BCUT2D eigenvalue weighted by molar-refractivity contribution is 14.0. The number of thioether (sulfide) groups is 1. The van der Waals surface area contributed by atoms with Crippen LogP contribution in [0.3, 0.4) is 0 Å². The van der Waals surface area contributed by atoms with Crippen LogP contribution in [0.15, 0.2) is 4.99 Å². The number of aliphatic imine (C=N–C) groups is 1. The van der Waals surface area contributed by atoms with E-state index in [2.05, 4.69) is 52.8 Å². The highest BCUT2D eigenvalue weighted by Gasteiger charge is 2.29. The highest BCUT2D eigenvalue weighted by Crippen LogP contribution is 2.26. The molecule has 2 aliphatic rings. The second kappa shape index (κ2) is 9.45. The number of hydrogen-bond donors (Lipinski definition) is 1. The summed E-state index contributed by atoms with van der Waals surface area (Å²) in [4.78, 5) is 9.40. The van der Waals surface area contributed by atoms with E-state index in [9.17, 15) is 0 Å². The first-order chi connectivity index (χ1) is 9.65. The predicted octanol–water partition coefficient (Wildman–Crippen LogP) is 2.49. The average Bonchev–Trinajstić information content (AvgIpc) is 3.31. The van der Waals surface area contributed by atoms with Gasteiger partial charge in [-0.05, 0) is 33.2 Å². The number of rotatable bonds is 5. The maximum atomic E-state index is 4.48. The van der Waals surface area contributed by atoms with E-state index in [1.54, 1.807) is 0 Å². The van der Waals surface area contributed by atoms with Crippen LogP contribution in [0.25, 0.3) is 0 Å². The molecule has 6 heteroatoms. The smallest absolute Gasteiger partial charge is 0.193 e. The van der Waals surface area contributed by atoms with Gasteiger partial charge in [-0.3, -0.25) is 9.89 Å². The number of hydrogen-bond acceptors (Lipinski definition) is 3. The molecule has 2 unspecified atom stereocenters. The molecule has 1 aliphatic carbocycles. The molecule has 124 valence electrons. The Labute approximate surface area is 151 Å². The molecule has 1 heterocycles. The Morgan fingerprint density at radius 3 is 2.76 bits per heavy atom. The lowest BCUT2D eigenvalue weighted by atomic mass is 10.3. The van der Waals surface area contributed by atoms with Crippen LogP contribution in [0, 0.1) is 0 Å². The molecule has 0 aromatic carbocycles. The fourth-order valence-electron chi connectivity index (χ4n) is 2.72. The molecule has 0 radical (unpaired) electrons. The summed E-state index contributed by atoms with van der Waals surface area (Å²) in [5.41, 5.74) is 0. The van der Waals surface area contributed by atoms with Gasteiger partial charge < -0.3 is 10.2 Å². The van der Waals surface area contributed by atoms with Gasteiger partial charge in [0.25, 0.3) is 0 Å². The second-order valence-corrected chi connectivity index (χ2v) is 7.43. The fourth-order valence-corrected chi connectivity index (χ4v) is 3.90. The Morgan fingerprint density at radius 1 is 1.48 bits per heavy atom. The third-order valence-electron chi connectivity index (χ3n) is 4.48. The standard InChI is InChI=1S/C15H30N4S.HI/c1-5-14-11-19(8-9-20-14)15(16-3)17-10-12(2)18(4)13-6-7-13;/h12-14H,5-11H2,1-4H3,(H,16,17);1H. The van der Waals surface area contributed by atoms with E-state index in [0.717, 1.165) is 36.9 Å². The van der Waals surface area contributed by atoms with Crippen LogP contribution in [0.1, 0.15) is 33.1 Å². The predicted molar refractivity (Wildman–Crippen MR) is 105 cm³/mol. The molecule has 1 saturated carbocycles. The zero-order chi connectivity index (χ0) is 14.5. The van der Waals surface area contributed by atoms with Crippen LogP contribution in [0.4, 0.5) is 0 Å². The summed E-state index contributed by atoms with van der Waals surface area (Å²) in [6.45, 7) is 7.82. The molecule has 1 aliphatic heterocycles. The van der Waals surface area contributed by atoms with Gasteiger partial charge >= 0.3 is 0 Å². The third kappa shape index (κ3) is 5.78. The van der Waals surface area contributed by atoms with E-state index in [1.165, 1.54) is 25.0 Å². The monoisotopic (exact) mass is 426 g/mol. The van der Waals surface area contributed by atoms with Gasteiger partial charge in [-0.25, -0.2) is 0 Å². The van der Waals surface area contributed by atoms with Crippen LogP contribution in [0.5, 0.6) is 0 Å². The first-order valence-electron chi connectivity index (χ1n) is 7.94. The molecule has 0 bridgehead atoms. The summed E-state index contributed by atoms with van der Waals surface area (Å²) < 4.78 is 0. The van der Waals surface area contributed by atoms with Crippen molar-refractivity contribution in [3.8, 4) is 0 Å². The van der Waals surface area contributed by atoms with Gasteiger partial charge in [0.2, 0.25) is 0 Å². The van der Waals surface area contributed by atoms with Crippen LogP contribution in [-0.2, 0) is 0 Å².